The van der Waals surface area contributed by atoms with Crippen molar-refractivity contribution in [3.8, 4) is 11.8 Å². The van der Waals surface area contributed by atoms with E-state index in [2.05, 4.69) is 11.4 Å². The van der Waals surface area contributed by atoms with Crippen molar-refractivity contribution < 1.29 is 9.53 Å². The molecule has 0 spiro atoms. The number of rotatable bonds is 6. The highest BCUT2D eigenvalue weighted by Crippen LogP contribution is 2.17. The third kappa shape index (κ3) is 4.25. The lowest BCUT2D eigenvalue weighted by Gasteiger charge is -2.09. The Morgan fingerprint density at radius 2 is 1.90 bits per heavy atom. The topological polar surface area (TPSA) is 88.1 Å². The molecule has 0 fully saturated rings. The van der Waals surface area contributed by atoms with Crippen molar-refractivity contribution in [1.29, 1.82) is 5.26 Å². The maximum atomic E-state index is 10.6. The first-order valence-corrected chi connectivity index (χ1v) is 6.42. The molecule has 0 bridgehead atoms. The summed E-state index contributed by atoms with van der Waals surface area (Å²) in [5.74, 6) is 0.0714. The zero-order valence-electron chi connectivity index (χ0n) is 11.4. The third-order valence-corrected chi connectivity index (χ3v) is 2.86. The molecule has 0 aliphatic carbocycles. The molecule has 0 unspecified atom stereocenters. The van der Waals surface area contributed by atoms with E-state index in [9.17, 15) is 4.79 Å². The molecule has 2 aromatic carbocycles. The highest BCUT2D eigenvalue weighted by molar-refractivity contribution is 5.75. The molecular formula is C16H15N3O2. The van der Waals surface area contributed by atoms with Gasteiger partial charge in [0, 0.05) is 12.2 Å². The molecule has 0 saturated carbocycles. The SMILES string of the molecule is N#Cc1ccccc1CNc1ccc(OCC(N)=O)cc1. The standard InChI is InChI=1S/C16H15N3O2/c17-9-12-3-1-2-4-13(12)10-19-14-5-7-15(8-6-14)21-11-16(18)20/h1-8,19H,10-11H2,(H2,18,20). The summed E-state index contributed by atoms with van der Waals surface area (Å²) in [5.41, 5.74) is 7.50. The summed E-state index contributed by atoms with van der Waals surface area (Å²) in [5, 5.41) is 12.3. The number of carbonyl (C=O) groups is 1. The number of hydrogen-bond acceptors (Lipinski definition) is 4. The van der Waals surface area contributed by atoms with Crippen LogP contribution in [0.25, 0.3) is 0 Å². The number of nitrogens with two attached hydrogens (primary N) is 1. The largest absolute Gasteiger partial charge is 0.484 e. The molecular weight excluding hydrogens is 266 g/mol. The van der Waals surface area contributed by atoms with Gasteiger partial charge in [0.05, 0.1) is 11.6 Å². The van der Waals surface area contributed by atoms with E-state index in [0.29, 0.717) is 17.9 Å². The minimum atomic E-state index is -0.509. The second-order valence-electron chi connectivity index (χ2n) is 4.40. The summed E-state index contributed by atoms with van der Waals surface area (Å²) in [4.78, 5) is 10.6. The van der Waals surface area contributed by atoms with Gasteiger partial charge in [-0.05, 0) is 35.9 Å². The van der Waals surface area contributed by atoms with Crippen LogP contribution in [0.4, 0.5) is 5.69 Å². The molecule has 21 heavy (non-hydrogen) atoms. The van der Waals surface area contributed by atoms with Crippen LogP contribution >= 0.6 is 0 Å². The van der Waals surface area contributed by atoms with Crippen LogP contribution in [-0.4, -0.2) is 12.5 Å². The van der Waals surface area contributed by atoms with E-state index in [1.807, 2.05) is 30.3 Å². The Kier molecular flexibility index (Phi) is 4.78. The molecule has 1 amide bonds. The molecule has 0 saturated heterocycles. The van der Waals surface area contributed by atoms with E-state index in [1.54, 1.807) is 18.2 Å². The van der Waals surface area contributed by atoms with Crippen molar-refractivity contribution in [1.82, 2.24) is 0 Å². The number of amides is 1. The van der Waals surface area contributed by atoms with Crippen LogP contribution in [0.2, 0.25) is 0 Å². The summed E-state index contributed by atoms with van der Waals surface area (Å²) in [6.45, 7) is 0.424. The maximum absolute atomic E-state index is 10.6. The number of hydrogen-bond donors (Lipinski definition) is 2. The maximum Gasteiger partial charge on any atom is 0.255 e. The Labute approximate surface area is 123 Å². The molecule has 106 valence electrons. The number of ether oxygens (including phenoxy) is 1. The predicted molar refractivity (Wildman–Crippen MR) is 79.6 cm³/mol. The molecule has 0 aliphatic heterocycles. The summed E-state index contributed by atoms with van der Waals surface area (Å²) < 4.78 is 5.18. The van der Waals surface area contributed by atoms with Gasteiger partial charge in [0.1, 0.15) is 5.75 Å². The minimum absolute atomic E-state index is 0.137. The van der Waals surface area contributed by atoms with Crippen LogP contribution in [0, 0.1) is 11.3 Å². The van der Waals surface area contributed by atoms with Crippen molar-refractivity contribution in [2.45, 2.75) is 6.54 Å². The highest BCUT2D eigenvalue weighted by atomic mass is 16.5. The molecule has 2 aromatic rings. The van der Waals surface area contributed by atoms with Crippen LogP contribution in [0.3, 0.4) is 0 Å². The average Bonchev–Trinajstić information content (AvgIpc) is 2.52. The first-order valence-electron chi connectivity index (χ1n) is 6.42. The summed E-state index contributed by atoms with van der Waals surface area (Å²) >= 11 is 0. The molecule has 0 aromatic heterocycles. The van der Waals surface area contributed by atoms with Gasteiger partial charge in [-0.2, -0.15) is 5.26 Å². The van der Waals surface area contributed by atoms with Crippen LogP contribution < -0.4 is 15.8 Å². The van der Waals surface area contributed by atoms with Crippen molar-refractivity contribution in [3.63, 3.8) is 0 Å². The Hall–Kier alpha value is -3.00. The lowest BCUT2D eigenvalue weighted by molar-refractivity contribution is -0.119. The second kappa shape index (κ2) is 6.96. The molecule has 0 aliphatic rings. The quantitative estimate of drug-likeness (QED) is 0.848. The van der Waals surface area contributed by atoms with Crippen LogP contribution in [0.15, 0.2) is 48.5 Å². The Balaban J connectivity index is 1.95. The second-order valence-corrected chi connectivity index (χ2v) is 4.40. The molecule has 2 rings (SSSR count). The van der Waals surface area contributed by atoms with Gasteiger partial charge in [-0.15, -0.1) is 0 Å². The Morgan fingerprint density at radius 3 is 2.57 bits per heavy atom. The van der Waals surface area contributed by atoms with Gasteiger partial charge in [-0.1, -0.05) is 18.2 Å². The van der Waals surface area contributed by atoms with Crippen LogP contribution in [0.5, 0.6) is 5.75 Å². The fourth-order valence-corrected chi connectivity index (χ4v) is 1.80. The normalized spacial score (nSPS) is 9.67. The molecule has 5 nitrogen and oxygen atoms in total. The fraction of sp³-hybridized carbons (Fsp3) is 0.125. The number of nitriles is 1. The summed E-state index contributed by atoms with van der Waals surface area (Å²) in [6, 6.07) is 16.8. The lowest BCUT2D eigenvalue weighted by Crippen LogP contribution is -2.19. The van der Waals surface area contributed by atoms with E-state index < -0.39 is 5.91 Å². The van der Waals surface area contributed by atoms with Crippen molar-refractivity contribution >= 4 is 11.6 Å². The van der Waals surface area contributed by atoms with Gasteiger partial charge in [-0.25, -0.2) is 0 Å². The average molecular weight is 281 g/mol. The number of primary amides is 1. The first-order chi connectivity index (χ1) is 10.2. The molecule has 0 heterocycles. The fourth-order valence-electron chi connectivity index (χ4n) is 1.80. The Morgan fingerprint density at radius 1 is 1.19 bits per heavy atom. The number of anilines is 1. The van der Waals surface area contributed by atoms with E-state index >= 15 is 0 Å². The summed E-state index contributed by atoms with van der Waals surface area (Å²) in [7, 11) is 0. The van der Waals surface area contributed by atoms with E-state index in [4.69, 9.17) is 15.7 Å². The van der Waals surface area contributed by atoms with E-state index in [-0.39, 0.29) is 6.61 Å². The lowest BCUT2D eigenvalue weighted by atomic mass is 10.1. The molecule has 3 N–H and O–H groups in total. The number of nitrogens with zero attached hydrogens (tertiary/aromatic N) is 1. The van der Waals surface area contributed by atoms with Gasteiger partial charge >= 0.3 is 0 Å². The molecule has 5 heteroatoms. The van der Waals surface area contributed by atoms with Crippen molar-refractivity contribution in [3.05, 3.63) is 59.7 Å². The van der Waals surface area contributed by atoms with Gasteiger partial charge < -0.3 is 15.8 Å². The van der Waals surface area contributed by atoms with Crippen molar-refractivity contribution in [2.24, 2.45) is 5.73 Å². The number of nitrogens with one attached hydrogen (secondary N) is 1. The number of benzene rings is 2. The van der Waals surface area contributed by atoms with Crippen LogP contribution in [0.1, 0.15) is 11.1 Å². The zero-order valence-corrected chi connectivity index (χ0v) is 11.4. The zero-order chi connectivity index (χ0) is 15.1. The monoisotopic (exact) mass is 281 g/mol. The molecule has 0 radical (unpaired) electrons. The van der Waals surface area contributed by atoms with Crippen LogP contribution in [-0.2, 0) is 11.3 Å². The van der Waals surface area contributed by atoms with Gasteiger partial charge in [-0.3, -0.25) is 4.79 Å². The number of carbonyl (C=O) groups excluding carboxylic acids is 1. The third-order valence-electron chi connectivity index (χ3n) is 2.86. The predicted octanol–water partition coefficient (Wildman–Crippen LogP) is 2.03. The van der Waals surface area contributed by atoms with Gasteiger partial charge in [0.25, 0.3) is 5.91 Å². The Bertz CT molecular complexity index is 660. The highest BCUT2D eigenvalue weighted by Gasteiger charge is 2.01. The summed E-state index contributed by atoms with van der Waals surface area (Å²) in [6.07, 6.45) is 0. The van der Waals surface area contributed by atoms with Gasteiger partial charge in [0.2, 0.25) is 0 Å². The van der Waals surface area contributed by atoms with Crippen molar-refractivity contribution in [2.75, 3.05) is 11.9 Å². The van der Waals surface area contributed by atoms with E-state index in [1.165, 1.54) is 0 Å². The smallest absolute Gasteiger partial charge is 0.255 e. The van der Waals surface area contributed by atoms with E-state index in [0.717, 1.165) is 11.3 Å². The van der Waals surface area contributed by atoms with Gasteiger partial charge in [0.15, 0.2) is 6.61 Å². The molecule has 0 atom stereocenters. The minimum Gasteiger partial charge on any atom is -0.484 e. The first kappa shape index (κ1) is 14.4.